The van der Waals surface area contributed by atoms with Gasteiger partial charge in [-0.05, 0) is 0 Å². The molecule has 2 amide bonds. The van der Waals surface area contributed by atoms with E-state index in [2.05, 4.69) is 0 Å². The van der Waals surface area contributed by atoms with Crippen LogP contribution in [0.2, 0.25) is 0 Å². The van der Waals surface area contributed by atoms with Crippen molar-refractivity contribution in [3.63, 3.8) is 0 Å². The first-order valence-electron chi connectivity index (χ1n) is 6.71. The highest BCUT2D eigenvalue weighted by molar-refractivity contribution is 7.99. The van der Waals surface area contributed by atoms with Gasteiger partial charge in [0.1, 0.15) is 29.9 Å². The highest BCUT2D eigenvalue weighted by Crippen LogP contribution is 2.28. The molecule has 21 heavy (non-hydrogen) atoms. The van der Waals surface area contributed by atoms with E-state index < -0.39 is 36.5 Å². The van der Waals surface area contributed by atoms with E-state index in [4.69, 9.17) is 9.84 Å². The lowest BCUT2D eigenvalue weighted by Crippen LogP contribution is -2.57. The summed E-state index contributed by atoms with van der Waals surface area (Å²) in [6, 6.07) is 0. The van der Waals surface area contributed by atoms with Gasteiger partial charge >= 0.3 is 0 Å². The van der Waals surface area contributed by atoms with E-state index in [0.29, 0.717) is 5.75 Å². The zero-order valence-corrected chi connectivity index (χ0v) is 12.1. The highest BCUT2D eigenvalue weighted by atomic mass is 32.2. The number of imide groups is 1. The number of hydrogen-bond donors (Lipinski definition) is 4. The summed E-state index contributed by atoms with van der Waals surface area (Å²) in [4.78, 5) is 24.0. The Morgan fingerprint density at radius 3 is 2.29 bits per heavy atom. The van der Waals surface area contributed by atoms with E-state index >= 15 is 0 Å². The summed E-state index contributed by atoms with van der Waals surface area (Å²) < 4.78 is 5.31. The van der Waals surface area contributed by atoms with E-state index in [1.165, 1.54) is 0 Å². The van der Waals surface area contributed by atoms with E-state index in [1.54, 1.807) is 0 Å². The number of rotatable bonds is 5. The van der Waals surface area contributed by atoms with Gasteiger partial charge in [-0.3, -0.25) is 14.5 Å². The quantitative estimate of drug-likeness (QED) is 0.415. The Kier molecular flexibility index (Phi) is 5.58. The average Bonchev–Trinajstić information content (AvgIpc) is 2.79. The first-order chi connectivity index (χ1) is 9.95. The van der Waals surface area contributed by atoms with Crippen molar-refractivity contribution in [1.82, 2.24) is 4.90 Å². The van der Waals surface area contributed by atoms with Crippen LogP contribution in [0.15, 0.2) is 0 Å². The second-order valence-corrected chi connectivity index (χ2v) is 6.21. The van der Waals surface area contributed by atoms with Crippen LogP contribution in [0.3, 0.4) is 0 Å². The summed E-state index contributed by atoms with van der Waals surface area (Å²) in [5, 5.41) is 38.2. The van der Waals surface area contributed by atoms with Gasteiger partial charge in [-0.25, -0.2) is 0 Å². The molecule has 0 bridgehead atoms. The molecule has 2 rings (SSSR count). The van der Waals surface area contributed by atoms with Crippen molar-refractivity contribution < 1.29 is 34.8 Å². The predicted octanol–water partition coefficient (Wildman–Crippen LogP) is -2.33. The lowest BCUT2D eigenvalue weighted by atomic mass is 10.0. The van der Waals surface area contributed by atoms with Crippen LogP contribution in [0.25, 0.3) is 0 Å². The van der Waals surface area contributed by atoms with Crippen molar-refractivity contribution in [3.8, 4) is 0 Å². The van der Waals surface area contributed by atoms with Gasteiger partial charge in [0.15, 0.2) is 0 Å². The molecule has 0 unspecified atom stereocenters. The lowest BCUT2D eigenvalue weighted by Gasteiger charge is -2.39. The average molecular weight is 321 g/mol. The first-order valence-corrected chi connectivity index (χ1v) is 7.76. The van der Waals surface area contributed by atoms with Crippen molar-refractivity contribution in [2.75, 3.05) is 18.9 Å². The highest BCUT2D eigenvalue weighted by Gasteiger charge is 2.43. The summed E-state index contributed by atoms with van der Waals surface area (Å²) >= 11 is 1.12. The second kappa shape index (κ2) is 7.03. The smallest absolute Gasteiger partial charge is 0.229 e. The van der Waals surface area contributed by atoms with Crippen molar-refractivity contribution in [2.24, 2.45) is 0 Å². The summed E-state index contributed by atoms with van der Waals surface area (Å²) in [5.41, 5.74) is -0.839. The van der Waals surface area contributed by atoms with Crippen molar-refractivity contribution in [1.29, 1.82) is 0 Å². The number of carbonyl (C=O) groups is 2. The number of hydrogen-bond acceptors (Lipinski definition) is 8. The van der Waals surface area contributed by atoms with Crippen LogP contribution in [0.4, 0.5) is 0 Å². The maximum Gasteiger partial charge on any atom is 0.229 e. The molecule has 2 aliphatic heterocycles. The number of aliphatic hydroxyl groups excluding tert-OH is 4. The Morgan fingerprint density at radius 1 is 1.10 bits per heavy atom. The molecule has 0 radical (unpaired) electrons. The van der Waals surface area contributed by atoms with Gasteiger partial charge in [0.25, 0.3) is 0 Å². The molecule has 0 aromatic carbocycles. The van der Waals surface area contributed by atoms with E-state index in [1.807, 2.05) is 0 Å². The molecule has 0 aromatic heterocycles. The Balaban J connectivity index is 1.84. The summed E-state index contributed by atoms with van der Waals surface area (Å²) in [6.45, 7) is -0.275. The number of amides is 2. The fourth-order valence-electron chi connectivity index (χ4n) is 2.34. The molecule has 5 atom stereocenters. The molecule has 8 nitrogen and oxygen atoms in total. The molecule has 0 saturated carbocycles. The number of thioether (sulfide) groups is 1. The largest absolute Gasteiger partial charge is 0.394 e. The monoisotopic (exact) mass is 321 g/mol. The molecule has 120 valence electrons. The molecule has 0 aromatic rings. The molecule has 0 aliphatic carbocycles. The minimum absolute atomic E-state index is 0.206. The van der Waals surface area contributed by atoms with Gasteiger partial charge in [-0.15, -0.1) is 11.8 Å². The number of nitrogens with zero attached hydrogens (tertiary/aromatic N) is 1. The molecule has 2 fully saturated rings. The Labute approximate surface area is 125 Å². The third-order valence-corrected chi connectivity index (χ3v) is 4.74. The molecular weight excluding hydrogens is 302 g/mol. The Morgan fingerprint density at radius 2 is 1.71 bits per heavy atom. The predicted molar refractivity (Wildman–Crippen MR) is 72.2 cm³/mol. The van der Waals surface area contributed by atoms with Crippen LogP contribution in [0.1, 0.15) is 12.8 Å². The molecular formula is C12H19NO7S. The SMILES string of the molecule is O=C1CCC(=O)N1CCS[C@H]1O[C@H](CO)[C@@H](O)[C@H](O)[C@@H]1O. The molecule has 2 saturated heterocycles. The topological polar surface area (TPSA) is 128 Å². The summed E-state index contributed by atoms with van der Waals surface area (Å²) in [6.07, 6.45) is -4.60. The third-order valence-electron chi connectivity index (χ3n) is 3.60. The van der Waals surface area contributed by atoms with Crippen LogP contribution in [-0.2, 0) is 14.3 Å². The minimum atomic E-state index is -1.41. The van der Waals surface area contributed by atoms with E-state index in [0.717, 1.165) is 16.7 Å². The summed E-state index contributed by atoms with van der Waals surface area (Å²) in [7, 11) is 0. The van der Waals surface area contributed by atoms with Gasteiger partial charge in [0.05, 0.1) is 6.61 Å². The summed E-state index contributed by atoms with van der Waals surface area (Å²) in [5.74, 6) is -0.0935. The number of ether oxygens (including phenoxy) is 1. The zero-order chi connectivity index (χ0) is 15.6. The molecule has 9 heteroatoms. The van der Waals surface area contributed by atoms with Crippen LogP contribution in [-0.4, -0.2) is 85.9 Å². The minimum Gasteiger partial charge on any atom is -0.394 e. The Bertz CT molecular complexity index is 389. The Hall–Kier alpha value is -0.710. The normalized spacial score (nSPS) is 37.3. The van der Waals surface area contributed by atoms with Crippen LogP contribution in [0, 0.1) is 0 Å². The molecule has 2 heterocycles. The van der Waals surface area contributed by atoms with Gasteiger partial charge in [-0.2, -0.15) is 0 Å². The molecule has 2 aliphatic rings. The van der Waals surface area contributed by atoms with Crippen LogP contribution in [0.5, 0.6) is 0 Å². The van der Waals surface area contributed by atoms with Gasteiger partial charge in [0.2, 0.25) is 11.8 Å². The standard InChI is InChI=1S/C12H19NO7S/c14-5-6-9(17)10(18)11(19)12(20-6)21-4-3-13-7(15)1-2-8(13)16/h6,9-12,14,17-19H,1-5H2/t6-,9-,10+,11+,12-/m1/s1. The molecule has 0 spiro atoms. The number of aliphatic hydroxyl groups is 4. The van der Waals surface area contributed by atoms with E-state index in [-0.39, 0.29) is 31.2 Å². The molecule has 4 N–H and O–H groups in total. The van der Waals surface area contributed by atoms with Crippen LogP contribution < -0.4 is 0 Å². The maximum atomic E-state index is 11.4. The maximum absolute atomic E-state index is 11.4. The number of likely N-dealkylation sites (tertiary alicyclic amines) is 1. The van der Waals surface area contributed by atoms with Gasteiger partial charge in [0, 0.05) is 25.1 Å². The fraction of sp³-hybridized carbons (Fsp3) is 0.833. The zero-order valence-electron chi connectivity index (χ0n) is 11.3. The first kappa shape index (κ1) is 16.7. The lowest BCUT2D eigenvalue weighted by molar-refractivity contribution is -0.205. The van der Waals surface area contributed by atoms with Gasteiger partial charge < -0.3 is 25.2 Å². The van der Waals surface area contributed by atoms with Crippen molar-refractivity contribution in [2.45, 2.75) is 42.7 Å². The van der Waals surface area contributed by atoms with Crippen molar-refractivity contribution in [3.05, 3.63) is 0 Å². The number of carbonyl (C=O) groups excluding carboxylic acids is 2. The second-order valence-electron chi connectivity index (χ2n) is 5.01. The fourth-order valence-corrected chi connectivity index (χ4v) is 3.44. The van der Waals surface area contributed by atoms with Crippen LogP contribution >= 0.6 is 11.8 Å². The third kappa shape index (κ3) is 3.55. The van der Waals surface area contributed by atoms with Crippen molar-refractivity contribution >= 4 is 23.6 Å². The van der Waals surface area contributed by atoms with E-state index in [9.17, 15) is 24.9 Å². The van der Waals surface area contributed by atoms with Gasteiger partial charge in [-0.1, -0.05) is 0 Å².